The largest absolute Gasteiger partial charge is 0.480 e. The first-order chi connectivity index (χ1) is 15.1. The number of carbonyl (C=O) groups excluding carboxylic acids is 1. The van der Waals surface area contributed by atoms with Gasteiger partial charge in [0.1, 0.15) is 12.6 Å². The van der Waals surface area contributed by atoms with E-state index >= 15 is 0 Å². The van der Waals surface area contributed by atoms with Crippen molar-refractivity contribution in [2.45, 2.75) is 63.3 Å². The lowest BCUT2D eigenvalue weighted by atomic mass is 9.93. The molecule has 2 aliphatic carbocycles. The molecule has 0 heterocycles. The number of carboxylic acid groups (broad SMARTS) is 1. The van der Waals surface area contributed by atoms with Gasteiger partial charge in [0.25, 0.3) is 0 Å². The van der Waals surface area contributed by atoms with Crippen molar-refractivity contribution in [3.63, 3.8) is 0 Å². The van der Waals surface area contributed by atoms with Gasteiger partial charge < -0.3 is 15.2 Å². The molecule has 5 heteroatoms. The van der Waals surface area contributed by atoms with Crippen LogP contribution in [0.2, 0.25) is 0 Å². The number of carboxylic acids is 1. The van der Waals surface area contributed by atoms with Gasteiger partial charge in [0.2, 0.25) is 0 Å². The van der Waals surface area contributed by atoms with Crippen LogP contribution in [0.15, 0.2) is 48.5 Å². The molecule has 1 saturated carbocycles. The number of amides is 1. The van der Waals surface area contributed by atoms with Gasteiger partial charge >= 0.3 is 12.1 Å². The summed E-state index contributed by atoms with van der Waals surface area (Å²) >= 11 is 0. The average molecular weight is 422 g/mol. The molecule has 164 valence electrons. The molecule has 1 atom stereocenters. The van der Waals surface area contributed by atoms with Gasteiger partial charge in [-0.15, -0.1) is 0 Å². The van der Waals surface area contributed by atoms with Crippen molar-refractivity contribution in [1.82, 2.24) is 5.32 Å². The maximum absolute atomic E-state index is 12.4. The Labute approximate surface area is 183 Å². The maximum atomic E-state index is 12.4. The van der Waals surface area contributed by atoms with E-state index in [4.69, 9.17) is 4.74 Å². The molecule has 0 spiro atoms. The number of nitrogens with one attached hydrogen (secondary N) is 1. The van der Waals surface area contributed by atoms with Crippen molar-refractivity contribution in [3.05, 3.63) is 59.7 Å². The number of carbonyl (C=O) groups is 2. The summed E-state index contributed by atoms with van der Waals surface area (Å²) in [4.78, 5) is 24.1. The maximum Gasteiger partial charge on any atom is 0.407 e. The summed E-state index contributed by atoms with van der Waals surface area (Å²) in [5, 5.41) is 12.2. The number of aliphatic carboxylic acids is 1. The minimum atomic E-state index is -0.998. The van der Waals surface area contributed by atoms with Gasteiger partial charge in [0, 0.05) is 5.92 Å². The Morgan fingerprint density at radius 2 is 1.52 bits per heavy atom. The molecule has 2 aliphatic rings. The van der Waals surface area contributed by atoms with Crippen LogP contribution < -0.4 is 5.32 Å². The molecule has 1 fully saturated rings. The molecule has 5 nitrogen and oxygen atoms in total. The van der Waals surface area contributed by atoms with Crippen molar-refractivity contribution in [1.29, 1.82) is 0 Å². The number of hydrogen-bond donors (Lipinski definition) is 2. The van der Waals surface area contributed by atoms with E-state index in [1.165, 1.54) is 36.8 Å². The van der Waals surface area contributed by atoms with E-state index in [2.05, 4.69) is 29.6 Å². The highest BCUT2D eigenvalue weighted by molar-refractivity contribution is 5.81. The van der Waals surface area contributed by atoms with E-state index < -0.39 is 18.1 Å². The molecule has 0 radical (unpaired) electrons. The van der Waals surface area contributed by atoms with Gasteiger partial charge in [-0.25, -0.2) is 9.59 Å². The molecule has 0 aromatic heterocycles. The van der Waals surface area contributed by atoms with E-state index in [1.807, 2.05) is 24.3 Å². The highest BCUT2D eigenvalue weighted by Gasteiger charge is 2.30. The van der Waals surface area contributed by atoms with E-state index in [0.717, 1.165) is 30.4 Å². The predicted octanol–water partition coefficient (Wildman–Crippen LogP) is 5.73. The van der Waals surface area contributed by atoms with Crippen molar-refractivity contribution in [2.24, 2.45) is 5.92 Å². The van der Waals surface area contributed by atoms with Gasteiger partial charge in [0.05, 0.1) is 0 Å². The first-order valence-corrected chi connectivity index (χ1v) is 11.5. The van der Waals surface area contributed by atoms with Crippen LogP contribution in [-0.2, 0) is 9.53 Å². The van der Waals surface area contributed by atoms with Gasteiger partial charge in [-0.2, -0.15) is 0 Å². The van der Waals surface area contributed by atoms with Crippen LogP contribution in [0.25, 0.3) is 11.1 Å². The van der Waals surface area contributed by atoms with E-state index in [1.54, 1.807) is 0 Å². The topological polar surface area (TPSA) is 75.6 Å². The normalized spacial score (nSPS) is 17.3. The van der Waals surface area contributed by atoms with E-state index in [-0.39, 0.29) is 12.5 Å². The zero-order valence-electron chi connectivity index (χ0n) is 17.9. The Bertz CT molecular complexity index is 872. The summed E-state index contributed by atoms with van der Waals surface area (Å²) in [6.45, 7) is 0.189. The van der Waals surface area contributed by atoms with Gasteiger partial charge in [-0.1, -0.05) is 87.1 Å². The number of ether oxygens (including phenoxy) is 1. The SMILES string of the molecule is O=C(N[C@@H](CCC1CCCCCC1)C(=O)O)OCC1c2ccccc2-c2ccccc21. The van der Waals surface area contributed by atoms with E-state index in [9.17, 15) is 14.7 Å². The fourth-order valence-electron chi connectivity index (χ4n) is 5.09. The lowest BCUT2D eigenvalue weighted by Crippen LogP contribution is -2.41. The Balaban J connectivity index is 1.34. The van der Waals surface area contributed by atoms with Crippen molar-refractivity contribution in [3.8, 4) is 11.1 Å². The van der Waals surface area contributed by atoms with E-state index in [0.29, 0.717) is 12.3 Å². The summed E-state index contributed by atoms with van der Waals surface area (Å²) in [7, 11) is 0. The van der Waals surface area contributed by atoms with Crippen LogP contribution in [0.5, 0.6) is 0 Å². The molecule has 2 aromatic carbocycles. The van der Waals surface area contributed by atoms with Gasteiger partial charge in [-0.05, 0) is 41.0 Å². The second-order valence-corrected chi connectivity index (χ2v) is 8.80. The Kier molecular flexibility index (Phi) is 6.90. The van der Waals surface area contributed by atoms with Crippen molar-refractivity contribution < 1.29 is 19.4 Å². The zero-order valence-corrected chi connectivity index (χ0v) is 17.9. The molecule has 1 amide bonds. The quantitative estimate of drug-likeness (QED) is 0.560. The summed E-state index contributed by atoms with van der Waals surface area (Å²) in [5.74, 6) is -0.469. The average Bonchev–Trinajstić information content (AvgIpc) is 2.91. The lowest BCUT2D eigenvalue weighted by molar-refractivity contribution is -0.139. The third kappa shape index (κ3) is 5.09. The monoisotopic (exact) mass is 421 g/mol. The second kappa shape index (κ2) is 9.99. The summed E-state index contributed by atoms with van der Waals surface area (Å²) in [5.41, 5.74) is 4.61. The Hall–Kier alpha value is -2.82. The van der Waals surface area contributed by atoms with Crippen LogP contribution >= 0.6 is 0 Å². The zero-order chi connectivity index (χ0) is 21.6. The van der Waals surface area contributed by atoms with Crippen LogP contribution in [0.3, 0.4) is 0 Å². The highest BCUT2D eigenvalue weighted by atomic mass is 16.5. The number of fused-ring (bicyclic) bond motifs is 3. The van der Waals surface area contributed by atoms with Gasteiger partial charge in [0.15, 0.2) is 0 Å². The van der Waals surface area contributed by atoms with Crippen molar-refractivity contribution >= 4 is 12.1 Å². The number of benzene rings is 2. The summed E-state index contributed by atoms with van der Waals surface area (Å²) in [6.07, 6.45) is 7.95. The molecule has 0 saturated heterocycles. The Morgan fingerprint density at radius 3 is 2.10 bits per heavy atom. The third-order valence-electron chi connectivity index (χ3n) is 6.77. The molecule has 0 aliphatic heterocycles. The first kappa shape index (κ1) is 21.4. The molecular weight excluding hydrogens is 390 g/mol. The third-order valence-corrected chi connectivity index (χ3v) is 6.77. The molecule has 2 N–H and O–H groups in total. The standard InChI is InChI=1S/C26H31NO4/c28-25(29)24(16-15-18-9-3-1-2-4-10-18)27-26(30)31-17-23-21-13-7-5-11-19(21)20-12-6-8-14-22(20)23/h5-8,11-14,18,23-24H,1-4,9-10,15-17H2,(H,27,30)(H,28,29)/t24-/m0/s1. The second-order valence-electron chi connectivity index (χ2n) is 8.80. The number of hydrogen-bond acceptors (Lipinski definition) is 3. The van der Waals surface area contributed by atoms with Gasteiger partial charge in [-0.3, -0.25) is 0 Å². The highest BCUT2D eigenvalue weighted by Crippen LogP contribution is 2.44. The summed E-state index contributed by atoms with van der Waals surface area (Å²) < 4.78 is 5.52. The molecule has 31 heavy (non-hydrogen) atoms. The molecule has 0 bridgehead atoms. The number of rotatable bonds is 7. The molecule has 2 aromatic rings. The molecular formula is C26H31NO4. The first-order valence-electron chi connectivity index (χ1n) is 11.5. The van der Waals surface area contributed by atoms with Crippen LogP contribution in [-0.4, -0.2) is 29.8 Å². The predicted molar refractivity (Wildman–Crippen MR) is 120 cm³/mol. The smallest absolute Gasteiger partial charge is 0.407 e. The van der Waals surface area contributed by atoms with Crippen LogP contribution in [0, 0.1) is 5.92 Å². The fourth-order valence-corrected chi connectivity index (χ4v) is 5.09. The van der Waals surface area contributed by atoms with Crippen LogP contribution in [0.4, 0.5) is 4.79 Å². The summed E-state index contributed by atoms with van der Waals surface area (Å²) in [6, 6.07) is 15.4. The molecule has 4 rings (SSSR count). The van der Waals surface area contributed by atoms with Crippen LogP contribution in [0.1, 0.15) is 68.4 Å². The number of alkyl carbamates (subject to hydrolysis) is 1. The minimum Gasteiger partial charge on any atom is -0.480 e. The molecule has 0 unspecified atom stereocenters. The van der Waals surface area contributed by atoms with Crippen molar-refractivity contribution in [2.75, 3.05) is 6.61 Å². The Morgan fingerprint density at radius 1 is 0.935 bits per heavy atom. The fraction of sp³-hybridized carbons (Fsp3) is 0.462. The minimum absolute atomic E-state index is 0.0348. The lowest BCUT2D eigenvalue weighted by Gasteiger charge is -2.19.